The number of anilines is 1. The predicted molar refractivity (Wildman–Crippen MR) is 99.3 cm³/mol. The molecule has 0 aromatic heterocycles. The molecular weight excluding hydrogens is 393 g/mol. The minimum absolute atomic E-state index is 0.0287. The number of carbonyl (C=O) groups is 2. The van der Waals surface area contributed by atoms with Gasteiger partial charge in [-0.2, -0.15) is 4.99 Å². The molecule has 3 rings (SSSR count). The zero-order valence-electron chi connectivity index (χ0n) is 12.5. The van der Waals surface area contributed by atoms with Crippen LogP contribution in [0.25, 0.3) is 0 Å². The Morgan fingerprint density at radius 2 is 1.88 bits per heavy atom. The lowest BCUT2D eigenvalue weighted by molar-refractivity contribution is -0.121. The van der Waals surface area contributed by atoms with E-state index in [9.17, 15) is 9.59 Å². The van der Waals surface area contributed by atoms with Crippen LogP contribution in [0.15, 0.2) is 17.1 Å². The van der Waals surface area contributed by atoms with E-state index in [0.717, 1.165) is 31.1 Å². The van der Waals surface area contributed by atoms with Crippen LogP contribution in [-0.4, -0.2) is 40.2 Å². The van der Waals surface area contributed by atoms with E-state index in [-0.39, 0.29) is 23.3 Å². The number of amidine groups is 1. The molecule has 1 N–H and O–H groups in total. The van der Waals surface area contributed by atoms with Gasteiger partial charge in [0.2, 0.25) is 5.91 Å². The Labute approximate surface area is 158 Å². The maximum atomic E-state index is 12.2. The normalized spacial score (nSPS) is 20.5. The first-order chi connectivity index (χ1) is 11.4. The lowest BCUT2D eigenvalue weighted by Gasteiger charge is -2.16. The van der Waals surface area contributed by atoms with E-state index >= 15 is 0 Å². The van der Waals surface area contributed by atoms with Crippen molar-refractivity contribution in [3.63, 3.8) is 0 Å². The van der Waals surface area contributed by atoms with Gasteiger partial charge in [-0.15, -0.1) is 0 Å². The molecule has 128 valence electrons. The number of amides is 2. The summed E-state index contributed by atoms with van der Waals surface area (Å²) < 4.78 is 0. The van der Waals surface area contributed by atoms with Crippen molar-refractivity contribution in [3.05, 3.63) is 27.2 Å². The largest absolute Gasteiger partial charge is 0.351 e. The van der Waals surface area contributed by atoms with Gasteiger partial charge in [-0.25, -0.2) is 0 Å². The molecule has 1 aromatic rings. The Morgan fingerprint density at radius 1 is 1.21 bits per heavy atom. The molecule has 9 heteroatoms. The van der Waals surface area contributed by atoms with E-state index in [1.807, 2.05) is 0 Å². The number of aliphatic imine (C=N–C) groups is 1. The maximum absolute atomic E-state index is 12.2. The quantitative estimate of drug-likeness (QED) is 0.769. The molecule has 1 saturated heterocycles. The molecule has 2 amide bonds. The molecule has 2 aliphatic rings. The molecule has 1 aromatic carbocycles. The van der Waals surface area contributed by atoms with E-state index in [2.05, 4.69) is 15.2 Å². The fourth-order valence-corrected chi connectivity index (χ4v) is 4.25. The van der Waals surface area contributed by atoms with Gasteiger partial charge in [0.05, 0.1) is 20.8 Å². The molecule has 0 radical (unpaired) electrons. The summed E-state index contributed by atoms with van der Waals surface area (Å²) in [5.74, 6) is -0.587. The van der Waals surface area contributed by atoms with Gasteiger partial charge in [-0.1, -0.05) is 46.6 Å². The molecule has 2 heterocycles. The molecule has 5 nitrogen and oxygen atoms in total. The van der Waals surface area contributed by atoms with Crippen LogP contribution in [0.4, 0.5) is 5.69 Å². The highest BCUT2D eigenvalue weighted by Gasteiger charge is 2.33. The fraction of sp³-hybridized carbons (Fsp3) is 0.400. The second-order valence-electron chi connectivity index (χ2n) is 5.53. The third-order valence-electron chi connectivity index (χ3n) is 3.76. The maximum Gasteiger partial charge on any atom is 0.262 e. The number of hydrogen-bond acceptors (Lipinski definition) is 4. The average molecular weight is 407 g/mol. The molecule has 1 atom stereocenters. The lowest BCUT2D eigenvalue weighted by Crippen LogP contribution is -2.25. The number of hydrogen-bond donors (Lipinski definition) is 1. The van der Waals surface area contributed by atoms with Crippen molar-refractivity contribution in [3.8, 4) is 0 Å². The first-order valence-corrected chi connectivity index (χ1v) is 9.44. The molecule has 2 aliphatic heterocycles. The van der Waals surface area contributed by atoms with Crippen molar-refractivity contribution in [2.45, 2.75) is 24.5 Å². The van der Waals surface area contributed by atoms with E-state index < -0.39 is 5.25 Å². The van der Waals surface area contributed by atoms with Gasteiger partial charge in [0.25, 0.3) is 5.91 Å². The minimum atomic E-state index is -0.498. The van der Waals surface area contributed by atoms with Crippen molar-refractivity contribution < 1.29 is 9.59 Å². The summed E-state index contributed by atoms with van der Waals surface area (Å²) in [6.45, 7) is 1.83. The number of thioether (sulfide) groups is 1. The summed E-state index contributed by atoms with van der Waals surface area (Å²) in [5, 5.41) is 3.79. The number of rotatable bonds is 3. The van der Waals surface area contributed by atoms with Gasteiger partial charge < -0.3 is 10.2 Å². The highest BCUT2D eigenvalue weighted by Crippen LogP contribution is 2.33. The number of benzene rings is 1. The Balaban J connectivity index is 1.60. The summed E-state index contributed by atoms with van der Waals surface area (Å²) in [5.41, 5.74) is 0.368. The standard InChI is InChI=1S/C15H14Cl3N3O2S/c16-8-5-10(18)11(6-9(8)17)19-13(22)7-12-14(23)20-15(24-12)21-3-1-2-4-21/h5-6,12H,1-4,7H2,(H,19,22). The number of nitrogens with one attached hydrogen (secondary N) is 1. The second kappa shape index (κ2) is 7.52. The van der Waals surface area contributed by atoms with Crippen LogP contribution in [0.2, 0.25) is 15.1 Å². The van der Waals surface area contributed by atoms with Crippen LogP contribution >= 0.6 is 46.6 Å². The molecule has 0 saturated carbocycles. The van der Waals surface area contributed by atoms with Gasteiger partial charge >= 0.3 is 0 Å². The topological polar surface area (TPSA) is 61.8 Å². The van der Waals surface area contributed by atoms with E-state index in [1.54, 1.807) is 0 Å². The van der Waals surface area contributed by atoms with Crippen LogP contribution in [0.5, 0.6) is 0 Å². The van der Waals surface area contributed by atoms with Crippen molar-refractivity contribution in [2.75, 3.05) is 18.4 Å². The zero-order valence-corrected chi connectivity index (χ0v) is 15.6. The first-order valence-electron chi connectivity index (χ1n) is 7.42. The lowest BCUT2D eigenvalue weighted by atomic mass is 10.2. The van der Waals surface area contributed by atoms with E-state index in [0.29, 0.717) is 15.7 Å². The van der Waals surface area contributed by atoms with Gasteiger partial charge in [0, 0.05) is 19.5 Å². The van der Waals surface area contributed by atoms with Gasteiger partial charge in [-0.3, -0.25) is 9.59 Å². The predicted octanol–water partition coefficient (Wildman–Crippen LogP) is 4.07. The van der Waals surface area contributed by atoms with E-state index in [4.69, 9.17) is 34.8 Å². The van der Waals surface area contributed by atoms with Crippen LogP contribution in [-0.2, 0) is 9.59 Å². The third kappa shape index (κ3) is 3.99. The molecule has 24 heavy (non-hydrogen) atoms. The van der Waals surface area contributed by atoms with Crippen LogP contribution in [0.3, 0.4) is 0 Å². The van der Waals surface area contributed by atoms with Gasteiger partial charge in [-0.05, 0) is 25.0 Å². The smallest absolute Gasteiger partial charge is 0.262 e. The van der Waals surface area contributed by atoms with Crippen molar-refractivity contribution in [1.29, 1.82) is 0 Å². The van der Waals surface area contributed by atoms with Crippen molar-refractivity contribution in [2.24, 2.45) is 4.99 Å². The Morgan fingerprint density at radius 3 is 2.58 bits per heavy atom. The van der Waals surface area contributed by atoms with Crippen molar-refractivity contribution >= 4 is 69.2 Å². The van der Waals surface area contributed by atoms with Gasteiger partial charge in [0.15, 0.2) is 5.17 Å². The zero-order chi connectivity index (χ0) is 17.3. The monoisotopic (exact) mass is 405 g/mol. The highest BCUT2D eigenvalue weighted by molar-refractivity contribution is 8.15. The highest BCUT2D eigenvalue weighted by atomic mass is 35.5. The summed E-state index contributed by atoms with van der Waals surface area (Å²) in [6.07, 6.45) is 2.24. The van der Waals surface area contributed by atoms with E-state index in [1.165, 1.54) is 23.9 Å². The number of carbonyl (C=O) groups excluding carboxylic acids is 2. The SMILES string of the molecule is O=C(CC1SC(N2CCCC2)=NC1=O)Nc1cc(Cl)c(Cl)cc1Cl. The molecule has 1 unspecified atom stereocenters. The summed E-state index contributed by atoms with van der Waals surface area (Å²) in [4.78, 5) is 30.4. The number of halogens is 3. The summed E-state index contributed by atoms with van der Waals surface area (Å²) >= 11 is 19.2. The molecule has 0 spiro atoms. The Bertz CT molecular complexity index is 720. The fourth-order valence-electron chi connectivity index (χ4n) is 2.54. The number of nitrogens with zero attached hydrogens (tertiary/aromatic N) is 2. The number of likely N-dealkylation sites (tertiary alicyclic amines) is 1. The Kier molecular flexibility index (Phi) is 5.59. The molecule has 1 fully saturated rings. The Hall–Kier alpha value is -0.950. The molecular formula is C15H14Cl3N3O2S. The average Bonchev–Trinajstić information content (AvgIpc) is 3.15. The first kappa shape index (κ1) is 17.9. The second-order valence-corrected chi connectivity index (χ2v) is 7.92. The summed E-state index contributed by atoms with van der Waals surface area (Å²) in [7, 11) is 0. The summed E-state index contributed by atoms with van der Waals surface area (Å²) in [6, 6.07) is 2.95. The molecule has 0 aliphatic carbocycles. The van der Waals surface area contributed by atoms with Crippen molar-refractivity contribution in [1.82, 2.24) is 4.90 Å². The minimum Gasteiger partial charge on any atom is -0.351 e. The third-order valence-corrected chi connectivity index (χ3v) is 6.01. The van der Waals surface area contributed by atoms with Crippen LogP contribution in [0, 0.1) is 0 Å². The van der Waals surface area contributed by atoms with Crippen LogP contribution < -0.4 is 5.32 Å². The molecule has 0 bridgehead atoms. The van der Waals surface area contributed by atoms with Gasteiger partial charge in [0.1, 0.15) is 5.25 Å². The van der Waals surface area contributed by atoms with Crippen LogP contribution in [0.1, 0.15) is 19.3 Å².